The minimum Gasteiger partial charge on any atom is -0.318 e. The summed E-state index contributed by atoms with van der Waals surface area (Å²) in [5.41, 5.74) is 6.42. The Labute approximate surface area is 169 Å². The Morgan fingerprint density at radius 2 is 1.50 bits per heavy atom. The van der Waals surface area contributed by atoms with E-state index >= 15 is 0 Å². The number of nitrogens with zero attached hydrogens (tertiary/aromatic N) is 1. The minimum atomic E-state index is -1.89. The average molecular weight is 390 g/mol. The van der Waals surface area contributed by atoms with Gasteiger partial charge in [0.1, 0.15) is 8.07 Å². The monoisotopic (exact) mass is 389 g/mol. The highest BCUT2D eigenvalue weighted by Crippen LogP contribution is 2.41. The fourth-order valence-electron chi connectivity index (χ4n) is 4.90. The molecule has 0 atom stereocenters. The van der Waals surface area contributed by atoms with E-state index in [4.69, 9.17) is 0 Å². The van der Waals surface area contributed by atoms with Gasteiger partial charge in [-0.05, 0) is 44.9 Å². The van der Waals surface area contributed by atoms with Crippen molar-refractivity contribution in [1.29, 1.82) is 0 Å². The molecular formula is C25H31NOSi. The van der Waals surface area contributed by atoms with Crippen LogP contribution in [-0.4, -0.2) is 12.6 Å². The van der Waals surface area contributed by atoms with Crippen molar-refractivity contribution in [1.82, 2.24) is 4.57 Å². The van der Waals surface area contributed by atoms with Crippen molar-refractivity contribution in [3.8, 4) is 11.5 Å². The standard InChI is InChI=1S/C25H31NOSi/c1-17(2)28(18(3)4,19(5)6)15-13-23-22-11-9-8-10-20(22)16-21-12-14-26(7)25(27)24(21)23/h8-12,14,16-19H,1-7H3. The van der Waals surface area contributed by atoms with Crippen LogP contribution in [0.4, 0.5) is 0 Å². The van der Waals surface area contributed by atoms with Crippen LogP contribution in [0.5, 0.6) is 0 Å². The molecule has 0 aliphatic rings. The number of benzene rings is 2. The summed E-state index contributed by atoms with van der Waals surface area (Å²) < 4.78 is 1.65. The predicted octanol–water partition coefficient (Wildman–Crippen LogP) is 6.26. The van der Waals surface area contributed by atoms with Crippen molar-refractivity contribution in [2.75, 3.05) is 0 Å². The van der Waals surface area contributed by atoms with Gasteiger partial charge in [0.2, 0.25) is 0 Å². The van der Waals surface area contributed by atoms with E-state index in [2.05, 4.69) is 71.2 Å². The molecule has 1 aromatic heterocycles. The summed E-state index contributed by atoms with van der Waals surface area (Å²) in [6.07, 6.45) is 1.84. The van der Waals surface area contributed by atoms with Crippen LogP contribution in [0.25, 0.3) is 21.5 Å². The SMILES string of the molecule is CC(C)[Si](C#Cc1c2ccccc2cc2ccn(C)c(=O)c12)(C(C)C)C(C)C. The van der Waals surface area contributed by atoms with Crippen LogP contribution in [0, 0.1) is 11.5 Å². The highest BCUT2D eigenvalue weighted by atomic mass is 28.3. The van der Waals surface area contributed by atoms with Gasteiger partial charge in [0, 0.05) is 18.8 Å². The molecule has 0 bridgehead atoms. The number of aryl methyl sites for hydroxylation is 1. The predicted molar refractivity (Wildman–Crippen MR) is 125 cm³/mol. The third-order valence-corrected chi connectivity index (χ3v) is 12.7. The second-order valence-electron chi connectivity index (χ2n) is 8.82. The van der Waals surface area contributed by atoms with E-state index in [1.165, 1.54) is 0 Å². The number of pyridine rings is 1. The first-order valence-corrected chi connectivity index (χ1v) is 12.5. The van der Waals surface area contributed by atoms with Gasteiger partial charge in [-0.25, -0.2) is 0 Å². The van der Waals surface area contributed by atoms with E-state index < -0.39 is 8.07 Å². The molecule has 0 aliphatic heterocycles. The number of hydrogen-bond acceptors (Lipinski definition) is 1. The molecule has 146 valence electrons. The van der Waals surface area contributed by atoms with E-state index in [1.807, 2.05) is 31.4 Å². The van der Waals surface area contributed by atoms with E-state index in [1.54, 1.807) is 4.57 Å². The van der Waals surface area contributed by atoms with Crippen molar-refractivity contribution < 1.29 is 0 Å². The molecule has 0 fully saturated rings. The van der Waals surface area contributed by atoms with Gasteiger partial charge in [-0.2, -0.15) is 0 Å². The van der Waals surface area contributed by atoms with Crippen LogP contribution in [0.3, 0.4) is 0 Å². The summed E-state index contributed by atoms with van der Waals surface area (Å²) in [4.78, 5) is 13.0. The lowest BCUT2D eigenvalue weighted by Gasteiger charge is -2.38. The summed E-state index contributed by atoms with van der Waals surface area (Å²) in [6.45, 7) is 13.9. The van der Waals surface area contributed by atoms with Crippen molar-refractivity contribution in [2.45, 2.75) is 58.2 Å². The molecule has 0 spiro atoms. The smallest absolute Gasteiger partial charge is 0.259 e. The second kappa shape index (κ2) is 7.60. The first-order chi connectivity index (χ1) is 13.2. The highest BCUT2D eigenvalue weighted by molar-refractivity contribution is 6.90. The maximum absolute atomic E-state index is 13.0. The molecule has 3 rings (SSSR count). The summed E-state index contributed by atoms with van der Waals surface area (Å²) >= 11 is 0. The first-order valence-electron chi connectivity index (χ1n) is 10.2. The zero-order valence-corrected chi connectivity index (χ0v) is 19.1. The molecular weight excluding hydrogens is 358 g/mol. The number of fused-ring (bicyclic) bond motifs is 2. The van der Waals surface area contributed by atoms with Crippen molar-refractivity contribution in [2.24, 2.45) is 7.05 Å². The minimum absolute atomic E-state index is 0.0264. The van der Waals surface area contributed by atoms with Crippen LogP contribution < -0.4 is 5.56 Å². The molecule has 0 aliphatic carbocycles. The van der Waals surface area contributed by atoms with Gasteiger partial charge in [0.25, 0.3) is 5.56 Å². The Bertz CT molecular complexity index is 1120. The molecule has 0 unspecified atom stereocenters. The fraction of sp³-hybridized carbons (Fsp3) is 0.400. The largest absolute Gasteiger partial charge is 0.318 e. The molecule has 0 radical (unpaired) electrons. The molecule has 3 heteroatoms. The van der Waals surface area contributed by atoms with Crippen LogP contribution in [-0.2, 0) is 7.05 Å². The van der Waals surface area contributed by atoms with Crippen LogP contribution in [0.1, 0.15) is 47.1 Å². The molecule has 28 heavy (non-hydrogen) atoms. The van der Waals surface area contributed by atoms with E-state index in [-0.39, 0.29) is 5.56 Å². The molecule has 0 saturated carbocycles. The van der Waals surface area contributed by atoms with Gasteiger partial charge in [-0.15, -0.1) is 5.54 Å². The lowest BCUT2D eigenvalue weighted by molar-refractivity contribution is 0.838. The Morgan fingerprint density at radius 1 is 0.893 bits per heavy atom. The van der Waals surface area contributed by atoms with Gasteiger partial charge in [-0.3, -0.25) is 4.79 Å². The van der Waals surface area contributed by atoms with Crippen molar-refractivity contribution in [3.05, 3.63) is 58.5 Å². The number of hydrogen-bond donors (Lipinski definition) is 0. The molecule has 1 heterocycles. The lowest BCUT2D eigenvalue weighted by atomic mass is 9.98. The van der Waals surface area contributed by atoms with E-state index in [0.717, 1.165) is 27.1 Å². The number of rotatable bonds is 3. The average Bonchev–Trinajstić information content (AvgIpc) is 2.63. The van der Waals surface area contributed by atoms with Gasteiger partial charge in [0.15, 0.2) is 0 Å². The van der Waals surface area contributed by atoms with E-state index in [9.17, 15) is 4.79 Å². The summed E-state index contributed by atoms with van der Waals surface area (Å²) in [6, 6.07) is 12.4. The Kier molecular flexibility index (Phi) is 5.54. The molecule has 0 amide bonds. The Balaban J connectivity index is 2.44. The van der Waals surface area contributed by atoms with Gasteiger partial charge >= 0.3 is 0 Å². The molecule has 2 nitrogen and oxygen atoms in total. The molecule has 0 saturated heterocycles. The molecule has 2 aromatic carbocycles. The molecule has 3 aromatic rings. The molecule has 0 N–H and O–H groups in total. The third-order valence-electron chi connectivity index (χ3n) is 6.36. The van der Waals surface area contributed by atoms with Crippen molar-refractivity contribution in [3.63, 3.8) is 0 Å². The van der Waals surface area contributed by atoms with E-state index in [0.29, 0.717) is 16.6 Å². The van der Waals surface area contributed by atoms with Crippen LogP contribution >= 0.6 is 0 Å². The highest BCUT2D eigenvalue weighted by Gasteiger charge is 2.41. The van der Waals surface area contributed by atoms with Gasteiger partial charge < -0.3 is 4.57 Å². The Morgan fingerprint density at radius 3 is 2.11 bits per heavy atom. The Hall–Kier alpha value is -2.31. The summed E-state index contributed by atoms with van der Waals surface area (Å²) in [5.74, 6) is 3.58. The van der Waals surface area contributed by atoms with Gasteiger partial charge in [-0.1, -0.05) is 71.7 Å². The van der Waals surface area contributed by atoms with Crippen molar-refractivity contribution >= 4 is 29.6 Å². The maximum atomic E-state index is 13.0. The second-order valence-corrected chi connectivity index (χ2v) is 14.4. The zero-order valence-electron chi connectivity index (χ0n) is 18.1. The lowest BCUT2D eigenvalue weighted by Crippen LogP contribution is -2.43. The zero-order chi connectivity index (χ0) is 20.6. The normalized spacial score (nSPS) is 12.2. The topological polar surface area (TPSA) is 22.0 Å². The van der Waals surface area contributed by atoms with Crippen LogP contribution in [0.2, 0.25) is 16.6 Å². The van der Waals surface area contributed by atoms with Gasteiger partial charge in [0.05, 0.1) is 5.39 Å². The third kappa shape index (κ3) is 3.20. The first kappa shape index (κ1) is 20.4. The fourth-order valence-corrected chi connectivity index (χ4v) is 10.1. The quantitative estimate of drug-likeness (QED) is 0.294. The maximum Gasteiger partial charge on any atom is 0.259 e. The number of aromatic nitrogens is 1. The van der Waals surface area contributed by atoms with Crippen LogP contribution in [0.15, 0.2) is 47.4 Å². The summed E-state index contributed by atoms with van der Waals surface area (Å²) in [7, 11) is -0.0769. The summed E-state index contributed by atoms with van der Waals surface area (Å²) in [5, 5.41) is 3.93.